The Labute approximate surface area is 126 Å². The number of hydrogen-bond acceptors (Lipinski definition) is 6. The van der Waals surface area contributed by atoms with Crippen LogP contribution >= 0.6 is 0 Å². The molecule has 1 aromatic heterocycles. The lowest BCUT2D eigenvalue weighted by Crippen LogP contribution is -2.46. The van der Waals surface area contributed by atoms with Crippen molar-refractivity contribution in [2.45, 2.75) is 6.42 Å². The van der Waals surface area contributed by atoms with Crippen molar-refractivity contribution in [1.29, 1.82) is 0 Å². The van der Waals surface area contributed by atoms with Crippen molar-refractivity contribution in [3.05, 3.63) is 18.5 Å². The third kappa shape index (κ3) is 4.91. The molecule has 2 heterocycles. The third-order valence-electron chi connectivity index (χ3n) is 3.96. The van der Waals surface area contributed by atoms with Gasteiger partial charge in [0.25, 0.3) is 0 Å². The molecule has 2 atom stereocenters. The van der Waals surface area contributed by atoms with Gasteiger partial charge in [-0.15, -0.1) is 0 Å². The van der Waals surface area contributed by atoms with Gasteiger partial charge < -0.3 is 19.6 Å². The Hall–Kier alpha value is -1.24. The maximum atomic E-state index is 9.55. The second-order valence-electron chi connectivity index (χ2n) is 5.86. The molecule has 21 heavy (non-hydrogen) atoms. The summed E-state index contributed by atoms with van der Waals surface area (Å²) in [6.07, 6.45) is 4.59. The molecule has 0 aliphatic carbocycles. The number of aromatic nitrogens is 2. The molecule has 0 saturated carbocycles. The molecule has 0 unspecified atom stereocenters. The van der Waals surface area contributed by atoms with Crippen LogP contribution < -0.4 is 4.90 Å². The molecule has 118 valence electrons. The summed E-state index contributed by atoms with van der Waals surface area (Å²) in [4.78, 5) is 13.2. The smallest absolute Gasteiger partial charge is 0.225 e. The van der Waals surface area contributed by atoms with E-state index in [1.807, 2.05) is 6.07 Å². The molecule has 0 bridgehead atoms. The molecular weight excluding hydrogens is 268 g/mol. The molecule has 0 spiro atoms. The highest BCUT2D eigenvalue weighted by atomic mass is 16.5. The summed E-state index contributed by atoms with van der Waals surface area (Å²) in [7, 11) is 3.84. The first-order valence-electron chi connectivity index (χ1n) is 7.53. The highest BCUT2D eigenvalue weighted by molar-refractivity contribution is 5.29. The minimum absolute atomic E-state index is 0.224. The van der Waals surface area contributed by atoms with Crippen molar-refractivity contribution in [1.82, 2.24) is 14.9 Å². The fraction of sp³-hybridized carbons (Fsp3) is 0.733. The molecule has 1 aromatic rings. The molecule has 1 fully saturated rings. The highest BCUT2D eigenvalue weighted by Crippen LogP contribution is 2.24. The number of ether oxygens (including phenoxy) is 1. The van der Waals surface area contributed by atoms with Crippen LogP contribution in [0.25, 0.3) is 0 Å². The topological polar surface area (TPSA) is 61.7 Å². The molecule has 0 aromatic carbocycles. The molecular formula is C15H26N4O2. The zero-order chi connectivity index (χ0) is 15.1. The van der Waals surface area contributed by atoms with Gasteiger partial charge in [-0.05, 0) is 31.4 Å². The van der Waals surface area contributed by atoms with Crippen molar-refractivity contribution < 1.29 is 9.84 Å². The maximum absolute atomic E-state index is 9.55. The second kappa shape index (κ2) is 8.26. The zero-order valence-electron chi connectivity index (χ0n) is 13.0. The van der Waals surface area contributed by atoms with Gasteiger partial charge in [-0.1, -0.05) is 0 Å². The van der Waals surface area contributed by atoms with Crippen LogP contribution in [-0.4, -0.2) is 73.5 Å². The Morgan fingerprint density at radius 3 is 2.71 bits per heavy atom. The van der Waals surface area contributed by atoms with E-state index in [9.17, 15) is 5.11 Å². The van der Waals surface area contributed by atoms with Crippen LogP contribution in [0, 0.1) is 11.8 Å². The van der Waals surface area contributed by atoms with Crippen LogP contribution in [0.3, 0.4) is 0 Å². The van der Waals surface area contributed by atoms with E-state index < -0.39 is 0 Å². The lowest BCUT2D eigenvalue weighted by atomic mass is 9.89. The van der Waals surface area contributed by atoms with Crippen LogP contribution in [0.15, 0.2) is 18.5 Å². The fourth-order valence-corrected chi connectivity index (χ4v) is 2.98. The Balaban J connectivity index is 1.95. The van der Waals surface area contributed by atoms with Crippen molar-refractivity contribution in [2.75, 3.05) is 58.5 Å². The SMILES string of the molecule is COCCN(C)C[C@@H]1C[C@@H](CO)CN(c2ncccn2)C1. The first-order valence-corrected chi connectivity index (χ1v) is 7.53. The first-order chi connectivity index (χ1) is 10.2. The maximum Gasteiger partial charge on any atom is 0.225 e. The molecule has 1 N–H and O–H groups in total. The van der Waals surface area contributed by atoms with Gasteiger partial charge in [-0.25, -0.2) is 9.97 Å². The van der Waals surface area contributed by atoms with E-state index in [1.165, 1.54) is 0 Å². The van der Waals surface area contributed by atoms with Crippen molar-refractivity contribution in [3.8, 4) is 0 Å². The fourth-order valence-electron chi connectivity index (χ4n) is 2.98. The summed E-state index contributed by atoms with van der Waals surface area (Å²) in [5.41, 5.74) is 0. The van der Waals surface area contributed by atoms with Crippen molar-refractivity contribution in [2.24, 2.45) is 11.8 Å². The zero-order valence-corrected chi connectivity index (χ0v) is 13.0. The van der Waals surface area contributed by atoms with Gasteiger partial charge in [0.2, 0.25) is 5.95 Å². The molecule has 6 nitrogen and oxygen atoms in total. The van der Waals surface area contributed by atoms with Gasteiger partial charge >= 0.3 is 0 Å². The number of nitrogens with zero attached hydrogens (tertiary/aromatic N) is 4. The van der Waals surface area contributed by atoms with Crippen LogP contribution in [0.2, 0.25) is 0 Å². The van der Waals surface area contributed by atoms with Crippen LogP contribution in [-0.2, 0) is 4.74 Å². The van der Waals surface area contributed by atoms with E-state index in [2.05, 4.69) is 26.8 Å². The average Bonchev–Trinajstić information content (AvgIpc) is 2.53. The molecule has 0 radical (unpaired) electrons. The third-order valence-corrected chi connectivity index (χ3v) is 3.96. The van der Waals surface area contributed by atoms with E-state index in [0.717, 1.165) is 45.2 Å². The van der Waals surface area contributed by atoms with Gasteiger partial charge in [0, 0.05) is 52.3 Å². The largest absolute Gasteiger partial charge is 0.396 e. The summed E-state index contributed by atoms with van der Waals surface area (Å²) in [6, 6.07) is 1.83. The van der Waals surface area contributed by atoms with Gasteiger partial charge in [0.05, 0.1) is 6.61 Å². The minimum Gasteiger partial charge on any atom is -0.396 e. The first kappa shape index (κ1) is 16.1. The highest BCUT2D eigenvalue weighted by Gasteiger charge is 2.28. The van der Waals surface area contributed by atoms with E-state index in [4.69, 9.17) is 4.74 Å². The van der Waals surface area contributed by atoms with Crippen LogP contribution in [0.1, 0.15) is 6.42 Å². The van der Waals surface area contributed by atoms with Gasteiger partial charge in [0.15, 0.2) is 0 Å². The normalized spacial score (nSPS) is 22.8. The Kier molecular flexibility index (Phi) is 6.35. The molecule has 6 heteroatoms. The number of rotatable bonds is 7. The number of anilines is 1. The number of piperidine rings is 1. The van der Waals surface area contributed by atoms with Gasteiger partial charge in [-0.2, -0.15) is 0 Å². The van der Waals surface area contributed by atoms with Gasteiger partial charge in [-0.3, -0.25) is 0 Å². The summed E-state index contributed by atoms with van der Waals surface area (Å²) in [5, 5.41) is 9.55. The number of aliphatic hydroxyl groups excluding tert-OH is 1. The average molecular weight is 294 g/mol. The number of hydrogen-bond donors (Lipinski definition) is 1. The predicted octanol–water partition coefficient (Wildman–Crippen LogP) is 0.490. The number of methoxy groups -OCH3 is 1. The lowest BCUT2D eigenvalue weighted by molar-refractivity contribution is 0.133. The summed E-state index contributed by atoms with van der Waals surface area (Å²) in [6.45, 7) is 4.68. The second-order valence-corrected chi connectivity index (χ2v) is 5.86. The van der Waals surface area contributed by atoms with E-state index in [0.29, 0.717) is 11.8 Å². The monoisotopic (exact) mass is 294 g/mol. The summed E-state index contributed by atoms with van der Waals surface area (Å²) in [5.74, 6) is 1.57. The molecule has 1 aliphatic heterocycles. The van der Waals surface area contributed by atoms with Gasteiger partial charge in [0.1, 0.15) is 0 Å². The summed E-state index contributed by atoms with van der Waals surface area (Å²) < 4.78 is 5.12. The van der Waals surface area contributed by atoms with Crippen molar-refractivity contribution in [3.63, 3.8) is 0 Å². The summed E-state index contributed by atoms with van der Waals surface area (Å²) >= 11 is 0. The van der Waals surface area contributed by atoms with Crippen LogP contribution in [0.5, 0.6) is 0 Å². The van der Waals surface area contributed by atoms with E-state index in [-0.39, 0.29) is 6.61 Å². The Morgan fingerprint density at radius 2 is 2.05 bits per heavy atom. The van der Waals surface area contributed by atoms with Crippen LogP contribution in [0.4, 0.5) is 5.95 Å². The Bertz CT molecular complexity index is 404. The quantitative estimate of drug-likeness (QED) is 0.790. The van der Waals surface area contributed by atoms with Crippen molar-refractivity contribution >= 4 is 5.95 Å². The molecule has 0 amide bonds. The predicted molar refractivity (Wildman–Crippen MR) is 82.3 cm³/mol. The Morgan fingerprint density at radius 1 is 1.33 bits per heavy atom. The standard InChI is InChI=1S/C15H26N4O2/c1-18(6-7-21-2)9-13-8-14(12-20)11-19(10-13)15-16-4-3-5-17-15/h3-5,13-14,20H,6-12H2,1-2H3/t13-,14+/m0/s1. The minimum atomic E-state index is 0.224. The molecule has 1 aliphatic rings. The number of aliphatic hydroxyl groups is 1. The van der Waals surface area contributed by atoms with E-state index >= 15 is 0 Å². The number of likely N-dealkylation sites (N-methyl/N-ethyl adjacent to an activating group) is 1. The van der Waals surface area contributed by atoms with E-state index in [1.54, 1.807) is 19.5 Å². The molecule has 1 saturated heterocycles. The lowest BCUT2D eigenvalue weighted by Gasteiger charge is -2.38. The molecule has 2 rings (SSSR count).